The summed E-state index contributed by atoms with van der Waals surface area (Å²) in [5.41, 5.74) is 3.86. The molecule has 2 aromatic carbocycles. The third-order valence-corrected chi connectivity index (χ3v) is 6.44. The molecule has 180 valence electrons. The first kappa shape index (κ1) is 27.0. The highest BCUT2D eigenvalue weighted by atomic mass is 35.5. The van der Waals surface area contributed by atoms with Crippen LogP contribution in [0.1, 0.15) is 55.9 Å². The van der Waals surface area contributed by atoms with E-state index < -0.39 is 6.04 Å². The maximum Gasteiger partial charge on any atom is 0.261 e. The van der Waals surface area contributed by atoms with Crippen LogP contribution in [0.2, 0.25) is 10.0 Å². The number of benzene rings is 2. The topological polar surface area (TPSA) is 58.6 Å². The van der Waals surface area contributed by atoms with Crippen molar-refractivity contribution < 1.29 is 14.3 Å². The Balaban J connectivity index is 2.31. The van der Waals surface area contributed by atoms with Crippen molar-refractivity contribution in [2.75, 3.05) is 6.61 Å². The Kier molecular flexibility index (Phi) is 10.1. The second kappa shape index (κ2) is 12.3. The monoisotopic (exact) mass is 492 g/mol. The highest BCUT2D eigenvalue weighted by Gasteiger charge is 2.30. The highest BCUT2D eigenvalue weighted by Crippen LogP contribution is 2.25. The highest BCUT2D eigenvalue weighted by molar-refractivity contribution is 6.35. The number of carbonyl (C=O) groups is 2. The zero-order valence-electron chi connectivity index (χ0n) is 20.3. The van der Waals surface area contributed by atoms with Gasteiger partial charge in [-0.2, -0.15) is 0 Å². The fourth-order valence-corrected chi connectivity index (χ4v) is 4.04. The van der Waals surface area contributed by atoms with Crippen LogP contribution in [0.5, 0.6) is 5.75 Å². The average Bonchev–Trinajstić information content (AvgIpc) is 2.76. The van der Waals surface area contributed by atoms with Gasteiger partial charge < -0.3 is 15.0 Å². The second-order valence-corrected chi connectivity index (χ2v) is 9.34. The summed E-state index contributed by atoms with van der Waals surface area (Å²) < 4.78 is 5.93. The molecule has 2 rings (SSSR count). The molecule has 2 amide bonds. The van der Waals surface area contributed by atoms with E-state index >= 15 is 0 Å². The van der Waals surface area contributed by atoms with Crippen LogP contribution in [0.15, 0.2) is 30.3 Å². The Bertz CT molecular complexity index is 994. The van der Waals surface area contributed by atoms with Gasteiger partial charge >= 0.3 is 0 Å². The van der Waals surface area contributed by atoms with E-state index in [1.54, 1.807) is 23.1 Å². The van der Waals surface area contributed by atoms with Gasteiger partial charge in [-0.15, -0.1) is 0 Å². The van der Waals surface area contributed by atoms with Crippen molar-refractivity contribution in [3.8, 4) is 5.75 Å². The molecule has 2 aromatic rings. The third kappa shape index (κ3) is 7.38. The number of aryl methyl sites for hydroxylation is 2. The SMILES string of the molecule is CC[C@@H](C)NC(=O)[C@@H](CC)N(Cc1ccc(Cl)cc1Cl)C(=O)COc1cc(C)cc(C)c1C. The maximum atomic E-state index is 13.4. The zero-order valence-corrected chi connectivity index (χ0v) is 21.8. The summed E-state index contributed by atoms with van der Waals surface area (Å²) in [6.45, 7) is 11.8. The molecular formula is C26H34Cl2N2O3. The molecule has 33 heavy (non-hydrogen) atoms. The van der Waals surface area contributed by atoms with Gasteiger partial charge in [-0.05, 0) is 81.0 Å². The van der Waals surface area contributed by atoms with Crippen LogP contribution in [0, 0.1) is 20.8 Å². The van der Waals surface area contributed by atoms with Crippen LogP contribution in [0.4, 0.5) is 0 Å². The molecule has 0 aliphatic carbocycles. The van der Waals surface area contributed by atoms with E-state index in [9.17, 15) is 9.59 Å². The molecular weight excluding hydrogens is 459 g/mol. The second-order valence-electron chi connectivity index (χ2n) is 8.49. The number of hydrogen-bond acceptors (Lipinski definition) is 3. The standard InChI is InChI=1S/C26H34Cl2N2O3/c1-7-18(5)29-26(32)23(8-2)30(14-20-9-10-21(27)13-22(20)28)25(31)15-33-24-12-16(3)11-17(4)19(24)6/h9-13,18,23H,7-8,14-15H2,1-6H3,(H,29,32)/t18-,23-/m1/s1. The first-order valence-electron chi connectivity index (χ1n) is 11.3. The van der Waals surface area contributed by atoms with E-state index in [4.69, 9.17) is 27.9 Å². The van der Waals surface area contributed by atoms with E-state index in [1.165, 1.54) is 0 Å². The quantitative estimate of drug-likeness (QED) is 0.440. The predicted octanol–water partition coefficient (Wildman–Crippen LogP) is 6.02. The normalized spacial score (nSPS) is 12.7. The number of hydrogen-bond donors (Lipinski definition) is 1. The minimum absolute atomic E-state index is 0.0109. The molecule has 0 saturated heterocycles. The van der Waals surface area contributed by atoms with Crippen molar-refractivity contribution in [2.24, 2.45) is 0 Å². The molecule has 0 fully saturated rings. The van der Waals surface area contributed by atoms with Crippen LogP contribution in [0.25, 0.3) is 0 Å². The average molecular weight is 493 g/mol. The van der Waals surface area contributed by atoms with Crippen LogP contribution in [-0.2, 0) is 16.1 Å². The fraction of sp³-hybridized carbons (Fsp3) is 0.462. The summed E-state index contributed by atoms with van der Waals surface area (Å²) in [5.74, 6) is 0.195. The summed E-state index contributed by atoms with van der Waals surface area (Å²) in [4.78, 5) is 28.0. The number of halogens is 2. The Labute approximate surface area is 207 Å². The van der Waals surface area contributed by atoms with Gasteiger partial charge in [0, 0.05) is 22.6 Å². The molecule has 0 aliphatic rings. The van der Waals surface area contributed by atoms with E-state index in [0.717, 1.165) is 23.1 Å². The van der Waals surface area contributed by atoms with Gasteiger partial charge in [-0.25, -0.2) is 0 Å². The molecule has 1 N–H and O–H groups in total. The van der Waals surface area contributed by atoms with Gasteiger partial charge in [-0.1, -0.05) is 49.2 Å². The number of amides is 2. The summed E-state index contributed by atoms with van der Waals surface area (Å²) in [7, 11) is 0. The number of nitrogens with one attached hydrogen (secondary N) is 1. The number of nitrogens with zero attached hydrogens (tertiary/aromatic N) is 1. The lowest BCUT2D eigenvalue weighted by atomic mass is 10.1. The van der Waals surface area contributed by atoms with E-state index in [2.05, 4.69) is 11.4 Å². The molecule has 7 heteroatoms. The lowest BCUT2D eigenvalue weighted by Crippen LogP contribution is -2.51. The van der Waals surface area contributed by atoms with Gasteiger partial charge in [0.15, 0.2) is 6.61 Å². The molecule has 0 spiro atoms. The van der Waals surface area contributed by atoms with Crippen LogP contribution < -0.4 is 10.1 Å². The molecule has 0 heterocycles. The minimum Gasteiger partial charge on any atom is -0.483 e. The van der Waals surface area contributed by atoms with Crippen LogP contribution in [-0.4, -0.2) is 35.4 Å². The summed E-state index contributed by atoms with van der Waals surface area (Å²) in [5, 5.41) is 3.95. The Morgan fingerprint density at radius 1 is 1.06 bits per heavy atom. The largest absolute Gasteiger partial charge is 0.483 e. The van der Waals surface area contributed by atoms with Crippen molar-refractivity contribution in [1.29, 1.82) is 0 Å². The zero-order chi connectivity index (χ0) is 24.7. The Hall–Kier alpha value is -2.24. The lowest BCUT2D eigenvalue weighted by molar-refractivity contribution is -0.143. The van der Waals surface area contributed by atoms with Gasteiger partial charge in [-0.3, -0.25) is 9.59 Å². The molecule has 5 nitrogen and oxygen atoms in total. The van der Waals surface area contributed by atoms with Gasteiger partial charge in [0.2, 0.25) is 5.91 Å². The van der Waals surface area contributed by atoms with E-state index in [1.807, 2.05) is 47.6 Å². The molecule has 0 aromatic heterocycles. The van der Waals surface area contributed by atoms with E-state index in [-0.39, 0.29) is 31.0 Å². The van der Waals surface area contributed by atoms with Crippen molar-refractivity contribution in [2.45, 2.75) is 73.0 Å². The van der Waals surface area contributed by atoms with Gasteiger partial charge in [0.1, 0.15) is 11.8 Å². The molecule has 2 atom stereocenters. The Morgan fingerprint density at radius 3 is 2.36 bits per heavy atom. The first-order valence-corrected chi connectivity index (χ1v) is 12.1. The number of ether oxygens (including phenoxy) is 1. The smallest absolute Gasteiger partial charge is 0.261 e. The van der Waals surface area contributed by atoms with Gasteiger partial charge in [0.05, 0.1) is 0 Å². The van der Waals surface area contributed by atoms with Crippen molar-refractivity contribution in [3.63, 3.8) is 0 Å². The third-order valence-electron chi connectivity index (χ3n) is 5.86. The van der Waals surface area contributed by atoms with Crippen LogP contribution in [0.3, 0.4) is 0 Å². The lowest BCUT2D eigenvalue weighted by Gasteiger charge is -2.31. The first-order chi connectivity index (χ1) is 15.6. The summed E-state index contributed by atoms with van der Waals surface area (Å²) in [6.07, 6.45) is 1.26. The molecule has 0 bridgehead atoms. The van der Waals surface area contributed by atoms with Gasteiger partial charge in [0.25, 0.3) is 5.91 Å². The minimum atomic E-state index is -0.651. The molecule has 0 saturated carbocycles. The van der Waals surface area contributed by atoms with Crippen LogP contribution >= 0.6 is 23.2 Å². The van der Waals surface area contributed by atoms with Crippen molar-refractivity contribution in [3.05, 3.63) is 62.6 Å². The molecule has 0 aliphatic heterocycles. The fourth-order valence-electron chi connectivity index (χ4n) is 3.57. The summed E-state index contributed by atoms with van der Waals surface area (Å²) in [6, 6.07) is 8.49. The van der Waals surface area contributed by atoms with E-state index in [0.29, 0.717) is 27.8 Å². The van der Waals surface area contributed by atoms with Crippen molar-refractivity contribution in [1.82, 2.24) is 10.2 Å². The number of carbonyl (C=O) groups excluding carboxylic acids is 2. The predicted molar refractivity (Wildman–Crippen MR) is 135 cm³/mol. The van der Waals surface area contributed by atoms with Crippen molar-refractivity contribution >= 4 is 35.0 Å². The maximum absolute atomic E-state index is 13.4. The molecule has 0 unspecified atom stereocenters. The molecule has 0 radical (unpaired) electrons. The summed E-state index contributed by atoms with van der Waals surface area (Å²) >= 11 is 12.4. The number of rotatable bonds is 10. The Morgan fingerprint density at radius 2 is 1.76 bits per heavy atom.